The molecule has 0 bridgehead atoms. The monoisotopic (exact) mass is 320 g/mol. The van der Waals surface area contributed by atoms with E-state index in [0.29, 0.717) is 10.0 Å². The Labute approximate surface area is 109 Å². The maximum Gasteiger partial charge on any atom is 0.338 e. The molecule has 0 amide bonds. The first-order valence-electron chi connectivity index (χ1n) is 4.92. The van der Waals surface area contributed by atoms with Crippen molar-refractivity contribution >= 4 is 31.7 Å². The summed E-state index contributed by atoms with van der Waals surface area (Å²) in [5.74, 6) is -0.472. The molecule has 0 aliphatic rings. The molecule has 0 unspecified atom stereocenters. The molecular weight excluding hydrogens is 308 g/mol. The minimum Gasteiger partial charge on any atom is -0.459 e. The third kappa shape index (κ3) is 3.81. The van der Waals surface area contributed by atoms with Crippen LogP contribution in [0, 0.1) is 0 Å². The first-order valence-corrected chi connectivity index (χ1v) is 7.61. The highest BCUT2D eigenvalue weighted by Gasteiger charge is 2.15. The van der Waals surface area contributed by atoms with Crippen molar-refractivity contribution in [2.24, 2.45) is 0 Å². The Morgan fingerprint density at radius 1 is 1.35 bits per heavy atom. The molecule has 1 aromatic rings. The third-order valence-corrected chi connectivity index (χ3v) is 3.98. The van der Waals surface area contributed by atoms with Crippen LogP contribution in [0.25, 0.3) is 0 Å². The van der Waals surface area contributed by atoms with E-state index in [-0.39, 0.29) is 11.0 Å². The molecule has 0 N–H and O–H groups in total. The first-order chi connectivity index (χ1) is 7.71. The van der Waals surface area contributed by atoms with E-state index in [1.165, 1.54) is 18.2 Å². The predicted molar refractivity (Wildman–Crippen MR) is 67.8 cm³/mol. The van der Waals surface area contributed by atoms with Crippen LogP contribution in [0.3, 0.4) is 0 Å². The van der Waals surface area contributed by atoms with E-state index in [9.17, 15) is 13.2 Å². The average molecular weight is 321 g/mol. The molecule has 0 saturated carbocycles. The number of carbonyl (C=O) groups excluding carboxylic acids is 1. The highest BCUT2D eigenvalue weighted by molar-refractivity contribution is 9.10. The molecule has 0 fully saturated rings. The second-order valence-electron chi connectivity index (χ2n) is 3.87. The van der Waals surface area contributed by atoms with Gasteiger partial charge in [0.1, 0.15) is 0 Å². The summed E-state index contributed by atoms with van der Waals surface area (Å²) in [5, 5.41) is 0. The van der Waals surface area contributed by atoms with Gasteiger partial charge in [-0.15, -0.1) is 0 Å². The lowest BCUT2D eigenvalue weighted by atomic mass is 10.2. The predicted octanol–water partition coefficient (Wildman–Crippen LogP) is 2.42. The van der Waals surface area contributed by atoms with Crippen LogP contribution in [0.2, 0.25) is 0 Å². The Kier molecular flexibility index (Phi) is 4.32. The van der Waals surface area contributed by atoms with Crippen molar-refractivity contribution in [3.63, 3.8) is 0 Å². The zero-order valence-corrected chi connectivity index (χ0v) is 12.1. The van der Waals surface area contributed by atoms with Gasteiger partial charge in [-0.2, -0.15) is 0 Å². The van der Waals surface area contributed by atoms with Crippen molar-refractivity contribution in [2.45, 2.75) is 24.8 Å². The Bertz CT molecular complexity index is 534. The number of hydrogen-bond acceptors (Lipinski definition) is 4. The minimum atomic E-state index is -3.30. The van der Waals surface area contributed by atoms with Gasteiger partial charge in [-0.1, -0.05) is 0 Å². The maximum absolute atomic E-state index is 11.6. The zero-order valence-electron chi connectivity index (χ0n) is 9.73. The van der Waals surface area contributed by atoms with Crippen LogP contribution in [0.4, 0.5) is 0 Å². The van der Waals surface area contributed by atoms with E-state index in [4.69, 9.17) is 4.74 Å². The van der Waals surface area contributed by atoms with Gasteiger partial charge in [0.15, 0.2) is 9.84 Å². The van der Waals surface area contributed by atoms with Gasteiger partial charge in [0, 0.05) is 10.7 Å². The second-order valence-corrected chi connectivity index (χ2v) is 6.71. The number of benzene rings is 1. The van der Waals surface area contributed by atoms with E-state index < -0.39 is 15.8 Å². The SMILES string of the molecule is CC(C)OC(=O)c1ccc(S(C)(=O)=O)c(Br)c1. The molecular formula is C11H13BrO4S. The molecule has 94 valence electrons. The van der Waals surface area contributed by atoms with E-state index in [1.807, 2.05) is 0 Å². The molecule has 0 spiro atoms. The fourth-order valence-corrected chi connectivity index (χ4v) is 3.20. The van der Waals surface area contributed by atoms with E-state index in [1.54, 1.807) is 13.8 Å². The van der Waals surface area contributed by atoms with Gasteiger partial charge in [-0.3, -0.25) is 0 Å². The summed E-state index contributed by atoms with van der Waals surface area (Å²) in [6, 6.07) is 4.27. The number of hydrogen-bond donors (Lipinski definition) is 0. The van der Waals surface area contributed by atoms with Gasteiger partial charge >= 0.3 is 5.97 Å². The van der Waals surface area contributed by atoms with Crippen LogP contribution in [0.1, 0.15) is 24.2 Å². The zero-order chi connectivity index (χ0) is 13.2. The van der Waals surface area contributed by atoms with Crippen molar-refractivity contribution in [3.05, 3.63) is 28.2 Å². The lowest BCUT2D eigenvalue weighted by Gasteiger charge is -2.09. The van der Waals surface area contributed by atoms with Crippen molar-refractivity contribution in [2.75, 3.05) is 6.26 Å². The van der Waals surface area contributed by atoms with Gasteiger partial charge in [-0.05, 0) is 48.0 Å². The van der Waals surface area contributed by atoms with Crippen LogP contribution >= 0.6 is 15.9 Å². The Hall–Kier alpha value is -0.880. The lowest BCUT2D eigenvalue weighted by Crippen LogP contribution is -2.12. The van der Waals surface area contributed by atoms with Gasteiger partial charge < -0.3 is 4.74 Å². The van der Waals surface area contributed by atoms with E-state index in [0.717, 1.165) is 6.26 Å². The smallest absolute Gasteiger partial charge is 0.338 e. The van der Waals surface area contributed by atoms with E-state index in [2.05, 4.69) is 15.9 Å². The van der Waals surface area contributed by atoms with Crippen LogP contribution in [-0.4, -0.2) is 26.7 Å². The quantitative estimate of drug-likeness (QED) is 0.802. The van der Waals surface area contributed by atoms with Gasteiger partial charge in [0.2, 0.25) is 0 Å². The minimum absolute atomic E-state index is 0.151. The number of carbonyl (C=O) groups is 1. The Balaban J connectivity index is 3.09. The molecule has 1 rings (SSSR count). The fraction of sp³-hybridized carbons (Fsp3) is 0.364. The topological polar surface area (TPSA) is 60.4 Å². The fourth-order valence-electron chi connectivity index (χ4n) is 1.21. The van der Waals surface area contributed by atoms with E-state index >= 15 is 0 Å². The molecule has 0 heterocycles. The van der Waals surface area contributed by atoms with Gasteiger partial charge in [0.25, 0.3) is 0 Å². The van der Waals surface area contributed by atoms with Crippen LogP contribution in [0.5, 0.6) is 0 Å². The molecule has 0 saturated heterocycles. The summed E-state index contributed by atoms with van der Waals surface area (Å²) in [4.78, 5) is 11.7. The molecule has 0 aliphatic carbocycles. The molecule has 0 radical (unpaired) electrons. The summed E-state index contributed by atoms with van der Waals surface area (Å²) in [6.07, 6.45) is 0.898. The first kappa shape index (κ1) is 14.2. The Morgan fingerprint density at radius 3 is 2.35 bits per heavy atom. The molecule has 0 aromatic heterocycles. The molecule has 4 nitrogen and oxygen atoms in total. The van der Waals surface area contributed by atoms with Crippen molar-refractivity contribution in [1.29, 1.82) is 0 Å². The summed E-state index contributed by atoms with van der Waals surface area (Å²) < 4.78 is 28.1. The third-order valence-electron chi connectivity index (χ3n) is 1.91. The number of rotatable bonds is 3. The molecule has 6 heteroatoms. The summed E-state index contributed by atoms with van der Waals surface area (Å²) in [7, 11) is -3.30. The molecule has 0 aliphatic heterocycles. The second kappa shape index (κ2) is 5.18. The van der Waals surface area contributed by atoms with Gasteiger partial charge in [-0.25, -0.2) is 13.2 Å². The highest BCUT2D eigenvalue weighted by atomic mass is 79.9. The normalized spacial score (nSPS) is 11.6. The number of halogens is 1. The van der Waals surface area contributed by atoms with Crippen molar-refractivity contribution in [3.8, 4) is 0 Å². The van der Waals surface area contributed by atoms with Crippen LogP contribution in [-0.2, 0) is 14.6 Å². The summed E-state index contributed by atoms with van der Waals surface area (Å²) >= 11 is 3.13. The largest absolute Gasteiger partial charge is 0.459 e. The Morgan fingerprint density at radius 2 is 1.94 bits per heavy atom. The lowest BCUT2D eigenvalue weighted by molar-refractivity contribution is 0.0377. The van der Waals surface area contributed by atoms with Gasteiger partial charge in [0.05, 0.1) is 16.6 Å². The maximum atomic E-state index is 11.6. The molecule has 0 atom stereocenters. The average Bonchev–Trinajstić information content (AvgIpc) is 2.14. The summed E-state index contributed by atoms with van der Waals surface area (Å²) in [5.41, 5.74) is 0.318. The molecule has 1 aromatic carbocycles. The van der Waals surface area contributed by atoms with Crippen molar-refractivity contribution in [1.82, 2.24) is 0 Å². The standard InChI is InChI=1S/C11H13BrO4S/c1-7(2)16-11(13)8-4-5-10(9(12)6-8)17(3,14)15/h4-7H,1-3H3. The van der Waals surface area contributed by atoms with Crippen LogP contribution < -0.4 is 0 Å². The summed E-state index contributed by atoms with van der Waals surface area (Å²) in [6.45, 7) is 3.50. The van der Waals surface area contributed by atoms with Crippen LogP contribution in [0.15, 0.2) is 27.6 Å². The number of esters is 1. The molecule has 17 heavy (non-hydrogen) atoms. The number of ether oxygens (including phenoxy) is 1. The highest BCUT2D eigenvalue weighted by Crippen LogP contribution is 2.23. The van der Waals surface area contributed by atoms with Crippen molar-refractivity contribution < 1.29 is 17.9 Å². The number of sulfone groups is 1.